The molecule has 39 heavy (non-hydrogen) atoms. The number of methoxy groups -OCH3 is 1. The number of hydrogen-bond donors (Lipinski definition) is 2. The minimum atomic E-state index is -0.536. The van der Waals surface area contributed by atoms with E-state index >= 15 is 0 Å². The molecule has 2 aromatic heterocycles. The number of carbonyl (C=O) groups excluding carboxylic acids is 2. The van der Waals surface area contributed by atoms with Crippen LogP contribution in [-0.4, -0.2) is 87.3 Å². The molecule has 10 nitrogen and oxygen atoms in total. The van der Waals surface area contributed by atoms with Gasteiger partial charge in [-0.05, 0) is 69.4 Å². The summed E-state index contributed by atoms with van der Waals surface area (Å²) < 4.78 is 25.6. The molecule has 208 valence electrons. The summed E-state index contributed by atoms with van der Waals surface area (Å²) in [6, 6.07) is 3.57. The number of hydrogen-bond acceptors (Lipinski definition) is 7. The molecule has 0 aromatic carbocycles. The maximum Gasteiger partial charge on any atom is 0.274 e. The summed E-state index contributed by atoms with van der Waals surface area (Å²) in [5.41, 5.74) is 6.31. The van der Waals surface area contributed by atoms with Gasteiger partial charge in [0, 0.05) is 36.2 Å². The zero-order valence-corrected chi connectivity index (χ0v) is 22.2. The molecule has 2 aromatic rings. The monoisotopic (exact) mass is 538 g/mol. The van der Waals surface area contributed by atoms with Gasteiger partial charge in [-0.25, -0.2) is 9.37 Å². The lowest BCUT2D eigenvalue weighted by Gasteiger charge is -2.58. The average molecular weight is 539 g/mol. The Labute approximate surface area is 226 Å². The molecule has 7 rings (SSSR count). The lowest BCUT2D eigenvalue weighted by Crippen LogP contribution is -2.68. The summed E-state index contributed by atoms with van der Waals surface area (Å²) in [5, 5.41) is 7.07. The van der Waals surface area contributed by atoms with Crippen LogP contribution in [0.1, 0.15) is 55.4 Å². The van der Waals surface area contributed by atoms with E-state index in [2.05, 4.69) is 20.1 Å². The number of likely N-dealkylation sites (tertiary alicyclic amines) is 2. The number of aromatic nitrogens is 3. The number of nitrogens with one attached hydrogen (secondary N) is 1. The number of nitrogens with zero attached hydrogens (tertiary/aromatic N) is 4. The number of aromatic amines is 1. The van der Waals surface area contributed by atoms with Crippen molar-refractivity contribution in [1.82, 2.24) is 25.0 Å². The fourth-order valence-corrected chi connectivity index (χ4v) is 7.87. The minimum Gasteiger partial charge on any atom is -0.481 e. The Morgan fingerprint density at radius 2 is 2.08 bits per heavy atom. The van der Waals surface area contributed by atoms with Crippen molar-refractivity contribution in [3.63, 3.8) is 0 Å². The molecule has 2 amide bonds. The number of pyridine rings is 1. The van der Waals surface area contributed by atoms with Crippen molar-refractivity contribution in [2.45, 2.75) is 62.1 Å². The van der Waals surface area contributed by atoms with Gasteiger partial charge in [0.2, 0.25) is 11.8 Å². The molecule has 5 atom stereocenters. The van der Waals surface area contributed by atoms with Gasteiger partial charge < -0.3 is 20.1 Å². The highest BCUT2D eigenvalue weighted by molar-refractivity contribution is 5.94. The number of amides is 2. The highest BCUT2D eigenvalue weighted by Gasteiger charge is 2.66. The van der Waals surface area contributed by atoms with Crippen molar-refractivity contribution in [3.05, 3.63) is 29.8 Å². The van der Waals surface area contributed by atoms with Gasteiger partial charge in [-0.1, -0.05) is 0 Å². The second-order valence-corrected chi connectivity index (χ2v) is 12.1. The van der Waals surface area contributed by atoms with E-state index in [0.29, 0.717) is 43.0 Å². The first-order valence-electron chi connectivity index (χ1n) is 14.1. The molecule has 2 aliphatic carbocycles. The molecule has 5 aliphatic rings. The number of nitrogens with two attached hydrogens (primary N) is 1. The van der Waals surface area contributed by atoms with Gasteiger partial charge in [-0.2, -0.15) is 5.10 Å². The number of primary amides is 1. The van der Waals surface area contributed by atoms with Crippen molar-refractivity contribution in [1.29, 1.82) is 0 Å². The Hall–Kier alpha value is -3.05. The second-order valence-electron chi connectivity index (χ2n) is 12.1. The van der Waals surface area contributed by atoms with Crippen molar-refractivity contribution in [2.24, 2.45) is 23.5 Å². The normalized spacial score (nSPS) is 33.1. The fourth-order valence-electron chi connectivity index (χ4n) is 7.87. The van der Waals surface area contributed by atoms with Crippen molar-refractivity contribution >= 4 is 11.8 Å². The van der Waals surface area contributed by atoms with Crippen LogP contribution in [0.2, 0.25) is 0 Å². The van der Waals surface area contributed by atoms with Crippen molar-refractivity contribution < 1.29 is 23.5 Å². The largest absolute Gasteiger partial charge is 0.481 e. The Morgan fingerprint density at radius 3 is 2.77 bits per heavy atom. The Kier molecular flexibility index (Phi) is 5.75. The van der Waals surface area contributed by atoms with Crippen molar-refractivity contribution in [2.75, 3.05) is 33.4 Å². The zero-order valence-electron chi connectivity index (χ0n) is 22.2. The van der Waals surface area contributed by atoms with Gasteiger partial charge in [0.25, 0.3) is 5.91 Å². The van der Waals surface area contributed by atoms with E-state index < -0.39 is 5.82 Å². The maximum absolute atomic E-state index is 14.5. The van der Waals surface area contributed by atoms with Crippen LogP contribution in [-0.2, 0) is 9.53 Å². The number of halogens is 1. The predicted molar refractivity (Wildman–Crippen MR) is 138 cm³/mol. The molecule has 3 aliphatic heterocycles. The molecular formula is C28H35FN6O4. The van der Waals surface area contributed by atoms with Gasteiger partial charge in [0.05, 0.1) is 37.3 Å². The highest BCUT2D eigenvalue weighted by atomic mass is 19.1. The molecule has 5 heterocycles. The summed E-state index contributed by atoms with van der Waals surface area (Å²) in [6.45, 7) is 3.35. The Bertz CT molecular complexity index is 1310. The molecule has 3 unspecified atom stereocenters. The van der Waals surface area contributed by atoms with E-state index in [1.54, 1.807) is 6.07 Å². The smallest absolute Gasteiger partial charge is 0.274 e. The zero-order chi connectivity index (χ0) is 26.9. The van der Waals surface area contributed by atoms with Crippen LogP contribution < -0.4 is 10.5 Å². The average Bonchev–Trinajstić information content (AvgIpc) is 3.23. The summed E-state index contributed by atoms with van der Waals surface area (Å²) >= 11 is 0. The number of rotatable bonds is 6. The lowest BCUT2D eigenvalue weighted by molar-refractivity contribution is -0.247. The molecule has 3 N–H and O–H groups in total. The molecular weight excluding hydrogens is 503 g/mol. The summed E-state index contributed by atoms with van der Waals surface area (Å²) in [6.07, 6.45) is 7.77. The second kappa shape index (κ2) is 8.99. The number of H-pyrrole nitrogens is 1. The van der Waals surface area contributed by atoms with Crippen LogP contribution in [0.25, 0.3) is 11.3 Å². The summed E-state index contributed by atoms with van der Waals surface area (Å²) in [4.78, 5) is 34.5. The molecule has 11 heteroatoms. The first-order valence-corrected chi connectivity index (χ1v) is 14.1. The first kappa shape index (κ1) is 25.0. The number of carbonyl (C=O) groups is 2. The molecule has 5 fully saturated rings. The third-order valence-corrected chi connectivity index (χ3v) is 10.3. The SMILES string of the molecule is COc1cc(-c2cc(C(=O)N3CCC(C(N)=O)CC34CC4[C@H]3CCN([C@H]4COC45CCC5)C3)n[nH]2)c(F)cn1. The minimum absolute atomic E-state index is 0.0933. The Balaban J connectivity index is 1.11. The van der Waals surface area contributed by atoms with Crippen molar-refractivity contribution in [3.8, 4) is 17.1 Å². The fraction of sp³-hybridized carbons (Fsp3) is 0.643. The van der Waals surface area contributed by atoms with Gasteiger partial charge in [0.1, 0.15) is 0 Å². The van der Waals surface area contributed by atoms with Crippen LogP contribution in [0.15, 0.2) is 18.3 Å². The van der Waals surface area contributed by atoms with Gasteiger partial charge in [-0.3, -0.25) is 19.6 Å². The van der Waals surface area contributed by atoms with Crippen LogP contribution in [0, 0.1) is 23.6 Å². The first-order chi connectivity index (χ1) is 18.8. The summed E-state index contributed by atoms with van der Waals surface area (Å²) in [5.74, 6) is -0.189. The van der Waals surface area contributed by atoms with E-state index in [4.69, 9.17) is 15.2 Å². The van der Waals surface area contributed by atoms with E-state index in [1.165, 1.54) is 19.6 Å². The third-order valence-electron chi connectivity index (χ3n) is 10.3. The standard InChI is InChI=1S/C28H35FN6O4/c1-38-24-9-18(20(29)13-31-24)21-10-22(33-32-21)26(37)35-8-4-16(25(30)36)11-27(35)12-19(27)17-3-7-34(14-17)23-15-39-28(23)5-2-6-28/h9-10,13,16-17,19,23H,2-8,11-12,14-15H2,1H3,(H2,30,36)(H,32,33)/t16?,17-,19?,23-,27?/m0/s1. The van der Waals surface area contributed by atoms with E-state index in [-0.39, 0.29) is 46.0 Å². The van der Waals surface area contributed by atoms with Crippen LogP contribution in [0.3, 0.4) is 0 Å². The molecule has 2 spiro atoms. The molecule has 0 bridgehead atoms. The molecule has 0 radical (unpaired) electrons. The maximum atomic E-state index is 14.5. The third kappa shape index (κ3) is 3.88. The van der Waals surface area contributed by atoms with Crippen LogP contribution in [0.4, 0.5) is 4.39 Å². The van der Waals surface area contributed by atoms with Crippen LogP contribution in [0.5, 0.6) is 5.88 Å². The molecule has 2 saturated carbocycles. The number of piperidine rings is 1. The molecule has 3 saturated heterocycles. The number of ether oxygens (including phenoxy) is 2. The van der Waals surface area contributed by atoms with E-state index in [0.717, 1.165) is 51.6 Å². The van der Waals surface area contributed by atoms with Gasteiger partial charge in [0.15, 0.2) is 11.5 Å². The quantitative estimate of drug-likeness (QED) is 0.578. The topological polar surface area (TPSA) is 127 Å². The van der Waals surface area contributed by atoms with Gasteiger partial charge >= 0.3 is 0 Å². The van der Waals surface area contributed by atoms with E-state index in [9.17, 15) is 14.0 Å². The van der Waals surface area contributed by atoms with Gasteiger partial charge in [-0.15, -0.1) is 0 Å². The van der Waals surface area contributed by atoms with E-state index in [1.807, 2.05) is 4.90 Å². The predicted octanol–water partition coefficient (Wildman–Crippen LogP) is 2.36. The Morgan fingerprint density at radius 1 is 1.23 bits per heavy atom. The lowest BCUT2D eigenvalue weighted by atomic mass is 9.70. The van der Waals surface area contributed by atoms with Crippen LogP contribution >= 0.6 is 0 Å². The summed E-state index contributed by atoms with van der Waals surface area (Å²) in [7, 11) is 1.46. The highest BCUT2D eigenvalue weighted by Crippen LogP contribution is 2.61.